The highest BCUT2D eigenvalue weighted by atomic mass is 32.1. The van der Waals surface area contributed by atoms with Crippen LogP contribution in [0, 0.1) is 0 Å². The molecule has 3 aromatic carbocycles. The van der Waals surface area contributed by atoms with Gasteiger partial charge in [-0.1, -0.05) is 59.9 Å². The van der Waals surface area contributed by atoms with Gasteiger partial charge in [-0.15, -0.1) is 0 Å². The minimum atomic E-state index is 0.0218. The molecule has 4 nitrogen and oxygen atoms in total. The van der Waals surface area contributed by atoms with Gasteiger partial charge in [0.15, 0.2) is 5.13 Å². The molecule has 27 heavy (non-hydrogen) atoms. The van der Waals surface area contributed by atoms with E-state index >= 15 is 0 Å². The van der Waals surface area contributed by atoms with Crippen molar-refractivity contribution in [3.8, 4) is 5.88 Å². The van der Waals surface area contributed by atoms with E-state index in [4.69, 9.17) is 0 Å². The number of thiazole rings is 1. The Hall–Kier alpha value is -3.44. The Kier molecular flexibility index (Phi) is 3.73. The Morgan fingerprint density at radius 1 is 0.926 bits per heavy atom. The van der Waals surface area contributed by atoms with Gasteiger partial charge in [0.25, 0.3) is 0 Å². The topological polar surface area (TPSA) is 57.5 Å². The van der Waals surface area contributed by atoms with Crippen LogP contribution in [0.2, 0.25) is 0 Å². The number of nitrogens with one attached hydrogen (secondary N) is 1. The maximum atomic E-state index is 10.3. The van der Waals surface area contributed by atoms with Crippen LogP contribution in [0.15, 0.2) is 71.7 Å². The Morgan fingerprint density at radius 2 is 1.74 bits per heavy atom. The summed E-state index contributed by atoms with van der Waals surface area (Å²) in [7, 11) is 0. The Balaban J connectivity index is 1.44. The van der Waals surface area contributed by atoms with Gasteiger partial charge >= 0.3 is 0 Å². The van der Waals surface area contributed by atoms with E-state index in [1.165, 1.54) is 16.7 Å². The van der Waals surface area contributed by atoms with Gasteiger partial charge < -0.3 is 10.4 Å². The summed E-state index contributed by atoms with van der Waals surface area (Å²) in [6, 6.07) is 22.3. The van der Waals surface area contributed by atoms with Gasteiger partial charge in [-0.2, -0.15) is 4.98 Å². The second-order valence-corrected chi connectivity index (χ2v) is 7.30. The number of aliphatic imine (C=N–C) groups is 1. The van der Waals surface area contributed by atoms with E-state index in [9.17, 15) is 5.11 Å². The molecule has 0 spiro atoms. The number of allylic oxidation sites excluding steroid dienone is 1. The summed E-state index contributed by atoms with van der Waals surface area (Å²) in [6.07, 6.45) is 3.74. The third-order valence-corrected chi connectivity index (χ3v) is 5.39. The molecule has 0 aliphatic carbocycles. The quantitative estimate of drug-likeness (QED) is 0.465. The minimum absolute atomic E-state index is 0.0218. The molecule has 0 unspecified atom stereocenters. The molecule has 0 bridgehead atoms. The molecule has 5 heteroatoms. The molecular weight excluding hydrogens is 354 g/mol. The molecule has 0 amide bonds. The zero-order chi connectivity index (χ0) is 18.2. The number of anilines is 2. The van der Waals surface area contributed by atoms with Crippen LogP contribution in [0.1, 0.15) is 10.4 Å². The van der Waals surface area contributed by atoms with Crippen LogP contribution < -0.4 is 5.32 Å². The summed E-state index contributed by atoms with van der Waals surface area (Å²) < 4.78 is 0. The molecular formula is C22H15N3OS. The normalized spacial score (nSPS) is 14.0. The number of benzene rings is 3. The van der Waals surface area contributed by atoms with Crippen LogP contribution in [0.25, 0.3) is 22.4 Å². The number of para-hydroxylation sites is 1. The first-order chi connectivity index (χ1) is 13.3. The molecule has 1 aliphatic rings. The summed E-state index contributed by atoms with van der Waals surface area (Å²) in [5, 5.41) is 16.5. The van der Waals surface area contributed by atoms with Gasteiger partial charge in [-0.05, 0) is 35.0 Å². The largest absolute Gasteiger partial charge is 0.492 e. The highest BCUT2D eigenvalue weighted by Crippen LogP contribution is 2.37. The summed E-state index contributed by atoms with van der Waals surface area (Å²) in [5.74, 6) is 0.0218. The molecule has 1 aliphatic heterocycles. The van der Waals surface area contributed by atoms with Crippen molar-refractivity contribution < 1.29 is 5.11 Å². The summed E-state index contributed by atoms with van der Waals surface area (Å²) >= 11 is 1.41. The molecule has 2 heterocycles. The van der Waals surface area contributed by atoms with Crippen LogP contribution >= 0.6 is 11.3 Å². The number of aromatic hydroxyl groups is 1. The first kappa shape index (κ1) is 15.8. The summed E-state index contributed by atoms with van der Waals surface area (Å²) in [5.41, 5.74) is 3.92. The number of rotatable bonds is 3. The van der Waals surface area contributed by atoms with Crippen molar-refractivity contribution in [1.82, 2.24) is 4.98 Å². The number of aromatic nitrogens is 1. The van der Waals surface area contributed by atoms with Gasteiger partial charge in [0, 0.05) is 23.0 Å². The number of hydrogen-bond acceptors (Lipinski definition) is 5. The van der Waals surface area contributed by atoms with Crippen molar-refractivity contribution in [2.24, 2.45) is 4.99 Å². The third-order valence-electron chi connectivity index (χ3n) is 4.48. The predicted molar refractivity (Wildman–Crippen MR) is 113 cm³/mol. The molecule has 5 rings (SSSR count). The number of nitrogens with zero attached hydrogens (tertiary/aromatic N) is 2. The van der Waals surface area contributed by atoms with E-state index in [-0.39, 0.29) is 5.88 Å². The van der Waals surface area contributed by atoms with Crippen LogP contribution in [0.3, 0.4) is 0 Å². The average Bonchev–Trinajstić information content (AvgIpc) is 3.25. The second kappa shape index (κ2) is 6.37. The fourth-order valence-corrected chi connectivity index (χ4v) is 3.99. The lowest BCUT2D eigenvalue weighted by Crippen LogP contribution is -1.88. The van der Waals surface area contributed by atoms with Gasteiger partial charge in [-0.25, -0.2) is 0 Å². The van der Waals surface area contributed by atoms with Gasteiger partial charge in [-0.3, -0.25) is 4.99 Å². The summed E-state index contributed by atoms with van der Waals surface area (Å²) in [4.78, 5) is 9.37. The number of hydrogen-bond donors (Lipinski definition) is 2. The van der Waals surface area contributed by atoms with Crippen molar-refractivity contribution in [3.05, 3.63) is 77.2 Å². The molecule has 0 atom stereocenters. The van der Waals surface area contributed by atoms with Crippen LogP contribution in [-0.4, -0.2) is 16.3 Å². The fourth-order valence-electron chi connectivity index (χ4n) is 3.16. The van der Waals surface area contributed by atoms with Crippen molar-refractivity contribution >= 4 is 56.5 Å². The van der Waals surface area contributed by atoms with E-state index in [1.54, 1.807) is 0 Å². The zero-order valence-electron chi connectivity index (χ0n) is 14.3. The second-order valence-electron chi connectivity index (χ2n) is 6.27. The Bertz CT molecular complexity index is 1220. The van der Waals surface area contributed by atoms with Crippen molar-refractivity contribution in [3.63, 3.8) is 0 Å². The highest BCUT2D eigenvalue weighted by Gasteiger charge is 2.14. The van der Waals surface area contributed by atoms with Crippen molar-refractivity contribution in [2.45, 2.75) is 0 Å². The molecule has 130 valence electrons. The monoisotopic (exact) mass is 369 g/mol. The van der Waals surface area contributed by atoms with Crippen molar-refractivity contribution in [2.75, 3.05) is 5.32 Å². The lowest BCUT2D eigenvalue weighted by atomic mass is 10.1. The Labute approximate surface area is 160 Å². The standard InChI is InChI=1S/C22H15N3OS/c26-21-20(12-16-13-23-19-8-4-3-7-18(16)19)27-22(25-21)24-17-10-9-14-5-1-2-6-15(14)11-17/h1-13,26H,(H,24,25)/b16-12-. The van der Waals surface area contributed by atoms with Gasteiger partial charge in [0.2, 0.25) is 5.88 Å². The first-order valence-electron chi connectivity index (χ1n) is 8.57. The van der Waals surface area contributed by atoms with E-state index in [2.05, 4.69) is 39.6 Å². The molecule has 4 aromatic rings. The maximum absolute atomic E-state index is 10.3. The average molecular weight is 369 g/mol. The molecule has 0 saturated heterocycles. The van der Waals surface area contributed by atoms with Gasteiger partial charge in [0.05, 0.1) is 10.6 Å². The predicted octanol–water partition coefficient (Wildman–Crippen LogP) is 6.00. The van der Waals surface area contributed by atoms with Crippen molar-refractivity contribution in [1.29, 1.82) is 0 Å². The fraction of sp³-hybridized carbons (Fsp3) is 0. The molecule has 1 aromatic heterocycles. The smallest absolute Gasteiger partial charge is 0.231 e. The summed E-state index contributed by atoms with van der Waals surface area (Å²) in [6.45, 7) is 0. The third kappa shape index (κ3) is 2.98. The van der Waals surface area contributed by atoms with E-state index < -0.39 is 0 Å². The minimum Gasteiger partial charge on any atom is -0.492 e. The first-order valence-corrected chi connectivity index (χ1v) is 9.39. The zero-order valence-corrected chi connectivity index (χ0v) is 15.1. The molecule has 0 fully saturated rings. The lowest BCUT2D eigenvalue weighted by molar-refractivity contribution is 0.457. The van der Waals surface area contributed by atoms with Crippen LogP contribution in [-0.2, 0) is 0 Å². The highest BCUT2D eigenvalue weighted by molar-refractivity contribution is 7.16. The Morgan fingerprint density at radius 3 is 2.67 bits per heavy atom. The lowest BCUT2D eigenvalue weighted by Gasteiger charge is -2.04. The van der Waals surface area contributed by atoms with E-state index in [1.807, 2.05) is 54.8 Å². The van der Waals surface area contributed by atoms with Crippen LogP contribution in [0.5, 0.6) is 5.88 Å². The maximum Gasteiger partial charge on any atom is 0.231 e. The molecule has 0 radical (unpaired) electrons. The SMILES string of the molecule is Oc1nc(Nc2ccc3ccccc3c2)sc1/C=C1/C=Nc2ccccc21. The molecule has 2 N–H and O–H groups in total. The number of fused-ring (bicyclic) bond motifs is 2. The van der Waals surface area contributed by atoms with E-state index in [0.29, 0.717) is 10.0 Å². The van der Waals surface area contributed by atoms with Crippen LogP contribution in [0.4, 0.5) is 16.5 Å². The van der Waals surface area contributed by atoms with Gasteiger partial charge in [0.1, 0.15) is 0 Å². The molecule has 0 saturated carbocycles. The van der Waals surface area contributed by atoms with E-state index in [0.717, 1.165) is 27.9 Å².